The van der Waals surface area contributed by atoms with Crippen LogP contribution in [0.15, 0.2) is 65.3 Å². The van der Waals surface area contributed by atoms with Gasteiger partial charge >= 0.3 is 0 Å². The summed E-state index contributed by atoms with van der Waals surface area (Å²) in [6.07, 6.45) is 4.63. The lowest BCUT2D eigenvalue weighted by atomic mass is 9.95. The molecule has 2 aromatic rings. The number of aliphatic hydroxyl groups is 1. The first-order valence-corrected chi connectivity index (χ1v) is 14.0. The molecule has 2 aromatic carbocycles. The van der Waals surface area contributed by atoms with Gasteiger partial charge in [-0.3, -0.25) is 19.5 Å². The number of nitrogens with one attached hydrogen (secondary N) is 4. The fraction of sp³-hybridized carbons (Fsp3) is 0.387. The molecule has 4 rings (SSSR count). The molecule has 0 saturated carbocycles. The number of likely N-dealkylation sites (tertiary alicyclic amines) is 1. The van der Waals surface area contributed by atoms with Crippen molar-refractivity contribution in [3.63, 3.8) is 0 Å². The van der Waals surface area contributed by atoms with Crippen LogP contribution in [0.2, 0.25) is 0 Å². The number of carbonyl (C=O) groups is 2. The number of ether oxygens (including phenoxy) is 1. The van der Waals surface area contributed by atoms with E-state index in [2.05, 4.69) is 33.1 Å². The number of hydrazine groups is 1. The Kier molecular flexibility index (Phi) is 10.5. The standard InChI is InChI=1S/C31H39FN6O4/c1-5-33-20(3)15-19(2)29-23-16-21(9-11-26(23)36-37-29)30(40)35-22-10-12-27(31(41)34-13-14-39)38(17-22)18-24-25(32)7-6-8-28(24)42-4/h5-9,11,15-16,22,27,29,36-37,39H,2,10,12-14,17-18H2,1,3-4H3,(H,34,41)(H,35,40). The van der Waals surface area contributed by atoms with Gasteiger partial charge in [0.1, 0.15) is 11.6 Å². The zero-order valence-corrected chi connectivity index (χ0v) is 24.2. The molecule has 0 radical (unpaired) electrons. The predicted octanol–water partition coefficient (Wildman–Crippen LogP) is 3.23. The zero-order chi connectivity index (χ0) is 30.2. The number of piperidine rings is 1. The van der Waals surface area contributed by atoms with Crippen LogP contribution in [0.5, 0.6) is 5.75 Å². The Labute approximate surface area is 245 Å². The predicted molar refractivity (Wildman–Crippen MR) is 161 cm³/mol. The molecule has 224 valence electrons. The maximum atomic E-state index is 14.8. The van der Waals surface area contributed by atoms with Crippen LogP contribution in [0.1, 0.15) is 54.2 Å². The van der Waals surface area contributed by atoms with Crippen LogP contribution in [-0.2, 0) is 11.3 Å². The van der Waals surface area contributed by atoms with Crippen LogP contribution in [-0.4, -0.2) is 66.9 Å². The number of allylic oxidation sites excluding steroid dienone is 1. The normalized spacial score (nSPS) is 20.6. The van der Waals surface area contributed by atoms with E-state index in [1.54, 1.807) is 24.4 Å². The Balaban J connectivity index is 1.50. The minimum atomic E-state index is -0.550. The quantitative estimate of drug-likeness (QED) is 0.205. The van der Waals surface area contributed by atoms with Crippen LogP contribution in [0.3, 0.4) is 0 Å². The highest BCUT2D eigenvalue weighted by Crippen LogP contribution is 2.34. The van der Waals surface area contributed by atoms with E-state index in [1.807, 2.05) is 37.0 Å². The summed E-state index contributed by atoms with van der Waals surface area (Å²) in [5, 5.41) is 15.0. The van der Waals surface area contributed by atoms with Gasteiger partial charge in [-0.25, -0.2) is 9.82 Å². The highest BCUT2D eigenvalue weighted by atomic mass is 19.1. The van der Waals surface area contributed by atoms with Gasteiger partial charge in [0.15, 0.2) is 0 Å². The van der Waals surface area contributed by atoms with Crippen molar-refractivity contribution in [2.45, 2.75) is 51.4 Å². The smallest absolute Gasteiger partial charge is 0.251 e. The number of halogens is 1. The summed E-state index contributed by atoms with van der Waals surface area (Å²) in [6.45, 7) is 8.33. The van der Waals surface area contributed by atoms with E-state index in [4.69, 9.17) is 4.74 Å². The van der Waals surface area contributed by atoms with Gasteiger partial charge in [0.25, 0.3) is 5.91 Å². The van der Waals surface area contributed by atoms with Crippen molar-refractivity contribution in [3.8, 4) is 5.75 Å². The third kappa shape index (κ3) is 7.22. The van der Waals surface area contributed by atoms with Gasteiger partial charge in [-0.15, -0.1) is 0 Å². The molecule has 2 heterocycles. The fourth-order valence-electron chi connectivity index (χ4n) is 5.45. The Morgan fingerprint density at radius 1 is 1.29 bits per heavy atom. The molecule has 2 amide bonds. The molecule has 5 N–H and O–H groups in total. The van der Waals surface area contributed by atoms with Gasteiger partial charge in [-0.05, 0) is 68.7 Å². The first kappa shape index (κ1) is 30.9. The maximum Gasteiger partial charge on any atom is 0.251 e. The monoisotopic (exact) mass is 578 g/mol. The number of fused-ring (bicyclic) bond motifs is 1. The summed E-state index contributed by atoms with van der Waals surface area (Å²) >= 11 is 0. The molecule has 2 aliphatic heterocycles. The van der Waals surface area contributed by atoms with E-state index in [9.17, 15) is 19.1 Å². The van der Waals surface area contributed by atoms with Gasteiger partial charge < -0.3 is 25.9 Å². The highest BCUT2D eigenvalue weighted by molar-refractivity contribution is 5.95. The topological polar surface area (TPSA) is 127 Å². The van der Waals surface area contributed by atoms with E-state index in [1.165, 1.54) is 13.2 Å². The van der Waals surface area contributed by atoms with Gasteiger partial charge in [0, 0.05) is 54.3 Å². The summed E-state index contributed by atoms with van der Waals surface area (Å²) in [7, 11) is 1.47. The minimum absolute atomic E-state index is 0.119. The SMILES string of the molecule is C=C(C=C(C)N=CC)C1NNc2ccc(C(=O)NC3CCC(C(=O)NCCO)N(Cc4c(F)cccc4OC)C3)cc21. The van der Waals surface area contributed by atoms with E-state index < -0.39 is 11.9 Å². The Morgan fingerprint density at radius 2 is 2.10 bits per heavy atom. The molecule has 1 fully saturated rings. The van der Waals surface area contributed by atoms with Gasteiger partial charge in [-0.2, -0.15) is 0 Å². The lowest BCUT2D eigenvalue weighted by Crippen LogP contribution is -2.56. The van der Waals surface area contributed by atoms with E-state index >= 15 is 0 Å². The van der Waals surface area contributed by atoms with Crippen LogP contribution in [0.4, 0.5) is 10.1 Å². The fourth-order valence-corrected chi connectivity index (χ4v) is 5.45. The van der Waals surface area contributed by atoms with Gasteiger partial charge in [-0.1, -0.05) is 12.6 Å². The number of hydrogen-bond acceptors (Lipinski definition) is 8. The molecule has 0 bridgehead atoms. The van der Waals surface area contributed by atoms with Crippen LogP contribution >= 0.6 is 0 Å². The number of anilines is 1. The maximum absolute atomic E-state index is 14.8. The zero-order valence-electron chi connectivity index (χ0n) is 24.2. The van der Waals surface area contributed by atoms with Crippen LogP contribution < -0.4 is 26.2 Å². The van der Waals surface area contributed by atoms with Crippen molar-refractivity contribution in [2.75, 3.05) is 32.2 Å². The van der Waals surface area contributed by atoms with Crippen molar-refractivity contribution in [1.29, 1.82) is 0 Å². The molecule has 10 nitrogen and oxygen atoms in total. The number of amides is 2. The molecule has 3 atom stereocenters. The molecule has 1 saturated heterocycles. The van der Waals surface area contributed by atoms with E-state index in [0.717, 1.165) is 22.5 Å². The summed E-state index contributed by atoms with van der Waals surface area (Å²) in [4.78, 5) is 32.5. The third-order valence-corrected chi connectivity index (χ3v) is 7.46. The van der Waals surface area contributed by atoms with Crippen molar-refractivity contribution >= 4 is 23.7 Å². The Morgan fingerprint density at radius 3 is 2.83 bits per heavy atom. The second-order valence-corrected chi connectivity index (χ2v) is 10.4. The molecule has 2 aliphatic rings. The molecule has 11 heteroatoms. The Bertz CT molecular complexity index is 1380. The number of nitrogens with zero attached hydrogens (tertiary/aromatic N) is 2. The average molecular weight is 579 g/mol. The second kappa shape index (κ2) is 14.2. The molecule has 0 aromatic heterocycles. The largest absolute Gasteiger partial charge is 0.496 e. The minimum Gasteiger partial charge on any atom is -0.496 e. The lowest BCUT2D eigenvalue weighted by molar-refractivity contribution is -0.128. The molecular weight excluding hydrogens is 539 g/mol. The number of aliphatic imine (C=N–C) groups is 1. The first-order valence-electron chi connectivity index (χ1n) is 14.0. The number of hydrogen-bond donors (Lipinski definition) is 5. The summed E-state index contributed by atoms with van der Waals surface area (Å²) in [5.74, 6) is -0.535. The summed E-state index contributed by atoms with van der Waals surface area (Å²) in [5.41, 5.74) is 10.6. The molecular formula is C31H39FN6O4. The second-order valence-electron chi connectivity index (χ2n) is 10.4. The number of aliphatic hydroxyl groups excluding tert-OH is 1. The average Bonchev–Trinajstić information content (AvgIpc) is 3.40. The third-order valence-electron chi connectivity index (χ3n) is 7.46. The van der Waals surface area contributed by atoms with Crippen molar-refractivity contribution in [2.24, 2.45) is 4.99 Å². The number of rotatable bonds is 11. The van der Waals surface area contributed by atoms with Crippen molar-refractivity contribution in [1.82, 2.24) is 21.0 Å². The van der Waals surface area contributed by atoms with Crippen molar-refractivity contribution in [3.05, 3.63) is 82.8 Å². The summed E-state index contributed by atoms with van der Waals surface area (Å²) < 4.78 is 20.2. The number of methoxy groups -OCH3 is 1. The molecule has 42 heavy (non-hydrogen) atoms. The van der Waals surface area contributed by atoms with Gasteiger partial charge in [0.05, 0.1) is 31.5 Å². The molecule has 0 aliphatic carbocycles. The summed E-state index contributed by atoms with van der Waals surface area (Å²) in [6, 6.07) is 9.00. The molecule has 3 unspecified atom stereocenters. The van der Waals surface area contributed by atoms with Crippen LogP contribution in [0.25, 0.3) is 0 Å². The number of carbonyl (C=O) groups excluding carboxylic acids is 2. The van der Waals surface area contributed by atoms with Crippen LogP contribution in [0, 0.1) is 5.82 Å². The molecule has 0 spiro atoms. The van der Waals surface area contributed by atoms with Gasteiger partial charge in [0.2, 0.25) is 5.91 Å². The number of benzene rings is 2. The van der Waals surface area contributed by atoms with E-state index in [-0.39, 0.29) is 43.6 Å². The lowest BCUT2D eigenvalue weighted by Gasteiger charge is -2.39. The Hall–Kier alpha value is -4.06. The first-order chi connectivity index (χ1) is 20.2. The highest BCUT2D eigenvalue weighted by Gasteiger charge is 2.35. The van der Waals surface area contributed by atoms with E-state index in [0.29, 0.717) is 36.3 Å². The van der Waals surface area contributed by atoms with Crippen molar-refractivity contribution < 1.29 is 23.8 Å².